The average molecular weight is 471 g/mol. The monoisotopic (exact) mass is 470 g/mol. The van der Waals surface area contributed by atoms with E-state index in [1.54, 1.807) is 23.1 Å². The molecule has 6 rings (SSSR count). The van der Waals surface area contributed by atoms with E-state index in [9.17, 15) is 9.59 Å². The zero-order valence-electron chi connectivity index (χ0n) is 17.2. The van der Waals surface area contributed by atoms with Crippen molar-refractivity contribution in [2.45, 2.75) is 32.4 Å². The Labute approximate surface area is 194 Å². The van der Waals surface area contributed by atoms with Crippen LogP contribution in [-0.4, -0.2) is 61.0 Å². The van der Waals surface area contributed by atoms with Gasteiger partial charge < -0.3 is 14.4 Å². The van der Waals surface area contributed by atoms with Crippen molar-refractivity contribution in [2.24, 2.45) is 5.41 Å². The molecule has 1 aliphatic carbocycles. The molecule has 1 saturated heterocycles. The number of likely N-dealkylation sites (tertiary alicyclic amines) is 1. The molecule has 0 bridgehead atoms. The quantitative estimate of drug-likeness (QED) is 0.572. The van der Waals surface area contributed by atoms with E-state index in [4.69, 9.17) is 23.2 Å². The molecule has 0 N–H and O–H groups in total. The van der Waals surface area contributed by atoms with Crippen LogP contribution in [0.1, 0.15) is 46.1 Å². The highest BCUT2D eigenvalue weighted by atomic mass is 35.5. The molecule has 3 aliphatic rings. The van der Waals surface area contributed by atoms with Gasteiger partial charge in [-0.3, -0.25) is 9.59 Å². The summed E-state index contributed by atoms with van der Waals surface area (Å²) < 4.78 is 1.82. The van der Waals surface area contributed by atoms with Crippen molar-refractivity contribution in [3.63, 3.8) is 0 Å². The van der Waals surface area contributed by atoms with Crippen molar-refractivity contribution in [1.29, 1.82) is 0 Å². The number of halogens is 2. The summed E-state index contributed by atoms with van der Waals surface area (Å²) in [5.74, 6) is 0.256. The molecule has 2 aromatic heterocycles. The van der Waals surface area contributed by atoms with E-state index < -0.39 is 0 Å². The van der Waals surface area contributed by atoms with Gasteiger partial charge in [-0.15, -0.1) is 10.2 Å². The van der Waals surface area contributed by atoms with Gasteiger partial charge in [0.15, 0.2) is 11.4 Å². The Morgan fingerprint density at radius 1 is 0.969 bits per heavy atom. The molecule has 1 spiro atoms. The van der Waals surface area contributed by atoms with E-state index >= 15 is 0 Å². The van der Waals surface area contributed by atoms with Gasteiger partial charge in [0.2, 0.25) is 0 Å². The molecule has 3 aromatic rings. The molecule has 1 saturated carbocycles. The lowest BCUT2D eigenvalue weighted by Crippen LogP contribution is -2.61. The molecule has 32 heavy (non-hydrogen) atoms. The standard InChI is InChI=1S/C22H20Cl2N6O2/c23-14-3-2-13-8-16(27-26-15(13)9-14)20(31)28-6-7-30-17(10-28)25-18(19(30)24)21(32)29-11-22(12-29)4-1-5-22/h2-3,8-9H,1,4-7,10-12H2. The lowest BCUT2D eigenvalue weighted by Gasteiger charge is -2.55. The maximum absolute atomic E-state index is 13.1. The summed E-state index contributed by atoms with van der Waals surface area (Å²) >= 11 is 12.5. The number of hydrogen-bond donors (Lipinski definition) is 0. The van der Waals surface area contributed by atoms with E-state index in [-0.39, 0.29) is 29.7 Å². The predicted molar refractivity (Wildman–Crippen MR) is 119 cm³/mol. The molecule has 0 atom stereocenters. The second-order valence-corrected chi connectivity index (χ2v) is 9.79. The Hall–Kier alpha value is -2.71. The summed E-state index contributed by atoms with van der Waals surface area (Å²) in [7, 11) is 0. The summed E-state index contributed by atoms with van der Waals surface area (Å²) in [5.41, 5.74) is 1.52. The first-order valence-corrected chi connectivity index (χ1v) is 11.4. The minimum atomic E-state index is -0.234. The second kappa shape index (κ2) is 7.15. The van der Waals surface area contributed by atoms with E-state index in [2.05, 4.69) is 15.2 Å². The number of benzene rings is 1. The minimum Gasteiger partial charge on any atom is -0.336 e. The zero-order chi connectivity index (χ0) is 22.0. The molecule has 2 aliphatic heterocycles. The SMILES string of the molecule is O=C(c1cc2ccc(Cl)cc2nn1)N1CCn2c(nc(C(=O)N3CC4(CCC4)C3)c2Cl)C1. The zero-order valence-corrected chi connectivity index (χ0v) is 18.7. The van der Waals surface area contributed by atoms with Crippen LogP contribution in [-0.2, 0) is 13.1 Å². The van der Waals surface area contributed by atoms with Crippen molar-refractivity contribution in [3.05, 3.63) is 51.7 Å². The van der Waals surface area contributed by atoms with Crippen molar-refractivity contribution in [1.82, 2.24) is 29.5 Å². The highest BCUT2D eigenvalue weighted by Gasteiger charge is 2.49. The number of hydrogen-bond acceptors (Lipinski definition) is 5. The van der Waals surface area contributed by atoms with E-state index in [0.717, 1.165) is 18.5 Å². The van der Waals surface area contributed by atoms with Gasteiger partial charge in [-0.1, -0.05) is 35.7 Å². The van der Waals surface area contributed by atoms with E-state index in [1.807, 2.05) is 15.5 Å². The fraction of sp³-hybridized carbons (Fsp3) is 0.409. The third kappa shape index (κ3) is 3.08. The maximum atomic E-state index is 13.1. The first-order valence-electron chi connectivity index (χ1n) is 10.7. The Balaban J connectivity index is 1.21. The average Bonchev–Trinajstić information content (AvgIpc) is 3.06. The van der Waals surface area contributed by atoms with Crippen LogP contribution in [0.3, 0.4) is 0 Å². The first kappa shape index (κ1) is 19.9. The summed E-state index contributed by atoms with van der Waals surface area (Å²) in [6, 6.07) is 6.99. The van der Waals surface area contributed by atoms with Gasteiger partial charge in [0, 0.05) is 42.0 Å². The number of carbonyl (C=O) groups is 2. The number of imidazole rings is 1. The van der Waals surface area contributed by atoms with Crippen molar-refractivity contribution < 1.29 is 9.59 Å². The normalized spacial score (nSPS) is 18.9. The summed E-state index contributed by atoms with van der Waals surface area (Å²) in [6.45, 7) is 2.77. The molecular formula is C22H20Cl2N6O2. The largest absolute Gasteiger partial charge is 0.336 e. The van der Waals surface area contributed by atoms with Gasteiger partial charge >= 0.3 is 0 Å². The van der Waals surface area contributed by atoms with Crippen LogP contribution in [0.25, 0.3) is 10.9 Å². The van der Waals surface area contributed by atoms with Crippen LogP contribution >= 0.6 is 23.2 Å². The van der Waals surface area contributed by atoms with Crippen LogP contribution in [0.4, 0.5) is 0 Å². The summed E-state index contributed by atoms with van der Waals surface area (Å²) in [4.78, 5) is 34.0. The molecule has 164 valence electrons. The fourth-order valence-corrected chi connectivity index (χ4v) is 5.40. The summed E-state index contributed by atoms with van der Waals surface area (Å²) in [6.07, 6.45) is 3.65. The summed E-state index contributed by atoms with van der Waals surface area (Å²) in [5, 5.41) is 9.93. The van der Waals surface area contributed by atoms with Crippen LogP contribution in [0.5, 0.6) is 0 Å². The molecule has 0 unspecified atom stereocenters. The second-order valence-electron chi connectivity index (χ2n) is 8.99. The number of carbonyl (C=O) groups excluding carboxylic acids is 2. The van der Waals surface area contributed by atoms with Crippen LogP contribution in [0.2, 0.25) is 10.2 Å². The molecule has 1 aromatic carbocycles. The Bertz CT molecular complexity index is 1280. The van der Waals surface area contributed by atoms with Crippen molar-refractivity contribution in [2.75, 3.05) is 19.6 Å². The molecule has 2 fully saturated rings. The number of aromatic nitrogens is 4. The van der Waals surface area contributed by atoms with Crippen LogP contribution in [0.15, 0.2) is 24.3 Å². The number of amides is 2. The molecular weight excluding hydrogens is 451 g/mol. The predicted octanol–water partition coefficient (Wildman–Crippen LogP) is 3.42. The van der Waals surface area contributed by atoms with Gasteiger partial charge in [-0.2, -0.15) is 0 Å². The number of fused-ring (bicyclic) bond motifs is 2. The van der Waals surface area contributed by atoms with E-state index in [0.29, 0.717) is 40.0 Å². The molecule has 8 nitrogen and oxygen atoms in total. The molecule has 2 amide bonds. The van der Waals surface area contributed by atoms with Crippen LogP contribution < -0.4 is 0 Å². The first-order chi connectivity index (χ1) is 15.4. The number of nitrogens with zero attached hydrogens (tertiary/aromatic N) is 6. The van der Waals surface area contributed by atoms with Crippen molar-refractivity contribution in [3.8, 4) is 0 Å². The lowest BCUT2D eigenvalue weighted by molar-refractivity contribution is -0.0428. The van der Waals surface area contributed by atoms with Crippen LogP contribution in [0, 0.1) is 5.41 Å². The lowest BCUT2D eigenvalue weighted by atomic mass is 9.63. The third-order valence-electron chi connectivity index (χ3n) is 6.92. The van der Waals surface area contributed by atoms with Crippen molar-refractivity contribution >= 4 is 45.9 Å². The van der Waals surface area contributed by atoms with Gasteiger partial charge in [-0.05, 0) is 31.0 Å². The Morgan fingerprint density at radius 2 is 1.78 bits per heavy atom. The fourth-order valence-electron chi connectivity index (χ4n) is 4.93. The molecule has 0 radical (unpaired) electrons. The number of rotatable bonds is 2. The van der Waals surface area contributed by atoms with Gasteiger partial charge in [0.1, 0.15) is 11.0 Å². The topological polar surface area (TPSA) is 84.2 Å². The van der Waals surface area contributed by atoms with Gasteiger partial charge in [0.25, 0.3) is 11.8 Å². The van der Waals surface area contributed by atoms with E-state index in [1.165, 1.54) is 19.3 Å². The van der Waals surface area contributed by atoms with Gasteiger partial charge in [-0.25, -0.2) is 4.98 Å². The smallest absolute Gasteiger partial charge is 0.275 e. The molecule has 4 heterocycles. The maximum Gasteiger partial charge on any atom is 0.275 e. The third-order valence-corrected chi connectivity index (χ3v) is 7.54. The molecule has 10 heteroatoms. The Kier molecular flexibility index (Phi) is 4.45. The minimum absolute atomic E-state index is 0.119. The highest BCUT2D eigenvalue weighted by molar-refractivity contribution is 6.32. The highest BCUT2D eigenvalue weighted by Crippen LogP contribution is 2.48. The van der Waals surface area contributed by atoms with Gasteiger partial charge in [0.05, 0.1) is 12.1 Å². The Morgan fingerprint density at radius 3 is 2.53 bits per heavy atom.